The molecular formula is C20H21O. The summed E-state index contributed by atoms with van der Waals surface area (Å²) in [6.07, 6.45) is 5.35. The van der Waals surface area contributed by atoms with Crippen LogP contribution in [0, 0.1) is 6.07 Å². The highest BCUT2D eigenvalue weighted by Crippen LogP contribution is 2.34. The zero-order chi connectivity index (χ0) is 15.1. The number of rotatable bonds is 7. The van der Waals surface area contributed by atoms with Gasteiger partial charge in [-0.05, 0) is 48.6 Å². The molecule has 0 heterocycles. The van der Waals surface area contributed by atoms with Gasteiger partial charge in [0, 0.05) is 5.56 Å². The van der Waals surface area contributed by atoms with E-state index in [1.54, 1.807) is 0 Å². The molecule has 0 bridgehead atoms. The number of hydrogen-bond donors (Lipinski definition) is 0. The average Bonchev–Trinajstić information content (AvgIpc) is 2.52. The topological polar surface area (TPSA) is 9.23 Å². The molecule has 0 spiro atoms. The van der Waals surface area contributed by atoms with E-state index in [4.69, 9.17) is 4.74 Å². The van der Waals surface area contributed by atoms with Gasteiger partial charge in [0.2, 0.25) is 0 Å². The van der Waals surface area contributed by atoms with E-state index in [1.165, 1.54) is 0 Å². The van der Waals surface area contributed by atoms with Crippen molar-refractivity contribution in [3.8, 4) is 16.9 Å². The second-order valence-electron chi connectivity index (χ2n) is 4.78. The predicted octanol–water partition coefficient (Wildman–Crippen LogP) is 5.01. The Morgan fingerprint density at radius 3 is 2.43 bits per heavy atom. The van der Waals surface area contributed by atoms with Crippen LogP contribution in [-0.2, 0) is 12.8 Å². The number of ether oxygens (including phenoxy) is 1. The first-order chi connectivity index (χ1) is 10.3. The first-order valence-electron chi connectivity index (χ1n) is 7.28. The quantitative estimate of drug-likeness (QED) is 0.646. The van der Waals surface area contributed by atoms with Crippen LogP contribution in [0.25, 0.3) is 11.1 Å². The first kappa shape index (κ1) is 15.1. The summed E-state index contributed by atoms with van der Waals surface area (Å²) in [5.74, 6) is 0.954. The van der Waals surface area contributed by atoms with Gasteiger partial charge in [0.05, 0.1) is 6.61 Å². The third-order valence-electron chi connectivity index (χ3n) is 3.32. The lowest BCUT2D eigenvalue weighted by Gasteiger charge is -2.17. The minimum Gasteiger partial charge on any atom is -0.493 e. The molecule has 2 rings (SSSR count). The molecule has 21 heavy (non-hydrogen) atoms. The van der Waals surface area contributed by atoms with Crippen molar-refractivity contribution in [2.75, 3.05) is 6.61 Å². The Balaban J connectivity index is 2.62. The third kappa shape index (κ3) is 3.43. The molecule has 0 aromatic heterocycles. The fraction of sp³-hybridized carbons (Fsp3) is 0.200. The zero-order valence-electron chi connectivity index (χ0n) is 12.6. The molecule has 1 heteroatoms. The molecule has 1 radical (unpaired) electrons. The SMILES string of the molecule is C=CCc1c[c]c(-c2ccccc2)c(CC=C)c1OCC. The number of allylic oxidation sites excluding steroid dienone is 2. The minimum absolute atomic E-state index is 0.645. The molecule has 0 aliphatic rings. The fourth-order valence-electron chi connectivity index (χ4n) is 2.45. The second-order valence-corrected chi connectivity index (χ2v) is 4.78. The Morgan fingerprint density at radius 2 is 1.81 bits per heavy atom. The van der Waals surface area contributed by atoms with Crippen LogP contribution in [0.4, 0.5) is 0 Å². The van der Waals surface area contributed by atoms with Crippen molar-refractivity contribution >= 4 is 0 Å². The van der Waals surface area contributed by atoms with Gasteiger partial charge >= 0.3 is 0 Å². The summed E-state index contributed by atoms with van der Waals surface area (Å²) < 4.78 is 5.92. The molecule has 0 N–H and O–H groups in total. The predicted molar refractivity (Wildman–Crippen MR) is 89.7 cm³/mol. The lowest BCUT2D eigenvalue weighted by molar-refractivity contribution is 0.334. The number of benzene rings is 2. The summed E-state index contributed by atoms with van der Waals surface area (Å²) in [7, 11) is 0. The van der Waals surface area contributed by atoms with Gasteiger partial charge in [-0.3, -0.25) is 0 Å². The van der Waals surface area contributed by atoms with E-state index in [-0.39, 0.29) is 0 Å². The van der Waals surface area contributed by atoms with Crippen LogP contribution < -0.4 is 4.74 Å². The van der Waals surface area contributed by atoms with Crippen LogP contribution >= 0.6 is 0 Å². The molecule has 107 valence electrons. The van der Waals surface area contributed by atoms with Crippen molar-refractivity contribution < 1.29 is 4.74 Å². The summed E-state index contributed by atoms with van der Waals surface area (Å²) in [5, 5.41) is 0. The summed E-state index contributed by atoms with van der Waals surface area (Å²) in [5.41, 5.74) is 4.52. The summed E-state index contributed by atoms with van der Waals surface area (Å²) in [6, 6.07) is 15.7. The lowest BCUT2D eigenvalue weighted by atomic mass is 9.93. The van der Waals surface area contributed by atoms with Gasteiger partial charge in [0.15, 0.2) is 0 Å². The number of hydrogen-bond acceptors (Lipinski definition) is 1. The first-order valence-corrected chi connectivity index (χ1v) is 7.28. The van der Waals surface area contributed by atoms with Crippen LogP contribution in [0.1, 0.15) is 18.1 Å². The molecule has 0 amide bonds. The van der Waals surface area contributed by atoms with E-state index in [9.17, 15) is 0 Å². The summed E-state index contributed by atoms with van der Waals surface area (Å²) in [4.78, 5) is 0. The molecule has 1 nitrogen and oxygen atoms in total. The average molecular weight is 277 g/mol. The smallest absolute Gasteiger partial charge is 0.126 e. The van der Waals surface area contributed by atoms with Crippen molar-refractivity contribution in [3.05, 3.63) is 78.9 Å². The fourth-order valence-corrected chi connectivity index (χ4v) is 2.45. The van der Waals surface area contributed by atoms with Crippen LogP contribution in [0.5, 0.6) is 5.75 Å². The molecule has 2 aromatic rings. The van der Waals surface area contributed by atoms with Crippen molar-refractivity contribution in [1.29, 1.82) is 0 Å². The van der Waals surface area contributed by atoms with E-state index in [0.29, 0.717) is 6.61 Å². The van der Waals surface area contributed by atoms with Crippen LogP contribution in [0.3, 0.4) is 0 Å². The molecule has 0 unspecified atom stereocenters. The van der Waals surface area contributed by atoms with Gasteiger partial charge < -0.3 is 4.74 Å². The Kier molecular flexibility index (Phi) is 5.39. The summed E-state index contributed by atoms with van der Waals surface area (Å²) in [6.45, 7) is 10.4. The van der Waals surface area contributed by atoms with Crippen molar-refractivity contribution in [3.63, 3.8) is 0 Å². The van der Waals surface area contributed by atoms with E-state index < -0.39 is 0 Å². The monoisotopic (exact) mass is 277 g/mol. The highest BCUT2D eigenvalue weighted by atomic mass is 16.5. The molecule has 0 atom stereocenters. The van der Waals surface area contributed by atoms with Crippen LogP contribution in [0.2, 0.25) is 0 Å². The maximum atomic E-state index is 5.92. The van der Waals surface area contributed by atoms with Gasteiger partial charge in [-0.1, -0.05) is 42.5 Å². The molecule has 0 fully saturated rings. The third-order valence-corrected chi connectivity index (χ3v) is 3.32. The van der Waals surface area contributed by atoms with Gasteiger partial charge in [-0.15, -0.1) is 13.2 Å². The van der Waals surface area contributed by atoms with E-state index in [0.717, 1.165) is 40.8 Å². The van der Waals surface area contributed by atoms with E-state index in [1.807, 2.05) is 43.3 Å². The maximum Gasteiger partial charge on any atom is 0.126 e. The Bertz CT molecular complexity index is 611. The van der Waals surface area contributed by atoms with Gasteiger partial charge in [-0.25, -0.2) is 0 Å². The Hall–Kier alpha value is -2.28. The van der Waals surface area contributed by atoms with Gasteiger partial charge in [0.1, 0.15) is 5.75 Å². The largest absolute Gasteiger partial charge is 0.493 e. The Morgan fingerprint density at radius 1 is 1.10 bits per heavy atom. The maximum absolute atomic E-state index is 5.92. The minimum atomic E-state index is 0.645. The molecule has 2 aromatic carbocycles. The highest BCUT2D eigenvalue weighted by molar-refractivity contribution is 5.71. The van der Waals surface area contributed by atoms with E-state index in [2.05, 4.69) is 31.4 Å². The second kappa shape index (κ2) is 7.49. The zero-order valence-corrected chi connectivity index (χ0v) is 12.6. The lowest BCUT2D eigenvalue weighted by Crippen LogP contribution is -2.02. The standard InChI is InChI=1S/C20H21O/c1-4-10-17-14-15-18(16-12-8-7-9-13-16)19(11-5-2)20(17)21-6-3/h4-5,7-9,12-14H,1-2,6,10-11H2,3H3. The van der Waals surface area contributed by atoms with E-state index >= 15 is 0 Å². The molecular weight excluding hydrogens is 256 g/mol. The van der Waals surface area contributed by atoms with Crippen molar-refractivity contribution in [2.24, 2.45) is 0 Å². The van der Waals surface area contributed by atoms with Gasteiger partial charge in [-0.2, -0.15) is 0 Å². The Labute approximate surface area is 127 Å². The van der Waals surface area contributed by atoms with Crippen molar-refractivity contribution in [1.82, 2.24) is 0 Å². The van der Waals surface area contributed by atoms with Crippen LogP contribution in [-0.4, -0.2) is 6.61 Å². The van der Waals surface area contributed by atoms with Gasteiger partial charge in [0.25, 0.3) is 0 Å². The summed E-state index contributed by atoms with van der Waals surface area (Å²) >= 11 is 0. The molecule has 0 saturated heterocycles. The highest BCUT2D eigenvalue weighted by Gasteiger charge is 2.14. The molecule has 0 aliphatic heterocycles. The molecule has 0 saturated carbocycles. The normalized spacial score (nSPS) is 10.1. The van der Waals surface area contributed by atoms with Crippen LogP contribution in [0.15, 0.2) is 61.7 Å². The molecule has 0 aliphatic carbocycles. The van der Waals surface area contributed by atoms with Crippen molar-refractivity contribution in [2.45, 2.75) is 19.8 Å².